The molecule has 19 heavy (non-hydrogen) atoms. The largest absolute Gasteiger partial charge is 0.409 e. The van der Waals surface area contributed by atoms with Gasteiger partial charge in [0.05, 0.1) is 16.4 Å². The smallest absolute Gasteiger partial charge is 0.143 e. The number of nitrogens with zero attached hydrogens (tertiary/aromatic N) is 4. The van der Waals surface area contributed by atoms with Crippen molar-refractivity contribution in [2.24, 2.45) is 16.8 Å². The highest BCUT2D eigenvalue weighted by molar-refractivity contribution is 6.31. The molecule has 0 spiro atoms. The monoisotopic (exact) mass is 287 g/mol. The highest BCUT2D eigenvalue weighted by Crippen LogP contribution is 2.21. The van der Waals surface area contributed by atoms with Crippen LogP contribution in [0.2, 0.25) is 5.02 Å². The summed E-state index contributed by atoms with van der Waals surface area (Å²) < 4.78 is 1.91. The van der Waals surface area contributed by atoms with Crippen LogP contribution >= 0.6 is 11.6 Å². The van der Waals surface area contributed by atoms with E-state index >= 15 is 0 Å². The molecule has 0 saturated heterocycles. The molecule has 7 heteroatoms. The second kappa shape index (κ2) is 6.77. The molecule has 1 rings (SSSR count). The molecule has 0 aliphatic heterocycles. The van der Waals surface area contributed by atoms with Crippen molar-refractivity contribution >= 4 is 17.4 Å². The third kappa shape index (κ3) is 3.84. The zero-order valence-electron chi connectivity index (χ0n) is 11.9. The van der Waals surface area contributed by atoms with Crippen LogP contribution in [0.15, 0.2) is 5.16 Å². The summed E-state index contributed by atoms with van der Waals surface area (Å²) in [6.07, 6.45) is 0. The maximum Gasteiger partial charge on any atom is 0.143 e. The molecule has 0 amide bonds. The van der Waals surface area contributed by atoms with Gasteiger partial charge in [0.2, 0.25) is 0 Å². The molecule has 108 valence electrons. The molecular formula is C12H22ClN5O. The molecule has 0 fully saturated rings. The summed E-state index contributed by atoms with van der Waals surface area (Å²) in [5, 5.41) is 16.8. The molecule has 0 aliphatic rings. The Morgan fingerprint density at radius 3 is 2.79 bits per heavy atom. The molecule has 1 unspecified atom stereocenters. The summed E-state index contributed by atoms with van der Waals surface area (Å²) in [6, 6.07) is 0. The van der Waals surface area contributed by atoms with Crippen LogP contribution in [0.5, 0.6) is 0 Å². The van der Waals surface area contributed by atoms with Gasteiger partial charge in [0.25, 0.3) is 0 Å². The number of halogens is 1. The Labute approximate surface area is 118 Å². The van der Waals surface area contributed by atoms with E-state index < -0.39 is 0 Å². The summed E-state index contributed by atoms with van der Waals surface area (Å²) in [6.45, 7) is 7.99. The van der Waals surface area contributed by atoms with E-state index in [2.05, 4.69) is 15.2 Å². The minimum atomic E-state index is -0.0205. The summed E-state index contributed by atoms with van der Waals surface area (Å²) >= 11 is 6.26. The van der Waals surface area contributed by atoms with Gasteiger partial charge in [-0.3, -0.25) is 9.58 Å². The van der Waals surface area contributed by atoms with Crippen molar-refractivity contribution in [1.82, 2.24) is 14.7 Å². The number of hydrogen-bond acceptors (Lipinski definition) is 4. The molecule has 0 radical (unpaired) electrons. The highest BCUT2D eigenvalue weighted by atomic mass is 35.5. The lowest BCUT2D eigenvalue weighted by molar-refractivity contribution is 0.284. The summed E-state index contributed by atoms with van der Waals surface area (Å²) in [4.78, 5) is 2.08. The van der Waals surface area contributed by atoms with Crippen LogP contribution in [0.3, 0.4) is 0 Å². The Hall–Kier alpha value is -1.27. The lowest BCUT2D eigenvalue weighted by Gasteiger charge is -2.21. The van der Waals surface area contributed by atoms with Gasteiger partial charge < -0.3 is 10.9 Å². The van der Waals surface area contributed by atoms with Crippen molar-refractivity contribution in [3.8, 4) is 0 Å². The van der Waals surface area contributed by atoms with Crippen molar-refractivity contribution in [3.63, 3.8) is 0 Å². The van der Waals surface area contributed by atoms with E-state index in [1.807, 2.05) is 32.5 Å². The van der Waals surface area contributed by atoms with E-state index in [4.69, 9.17) is 22.5 Å². The Kier molecular flexibility index (Phi) is 5.62. The van der Waals surface area contributed by atoms with Crippen molar-refractivity contribution in [2.45, 2.75) is 33.9 Å². The molecule has 1 aromatic heterocycles. The number of oxime groups is 1. The van der Waals surface area contributed by atoms with Gasteiger partial charge in [-0.1, -0.05) is 23.7 Å². The molecule has 0 aromatic carbocycles. The van der Waals surface area contributed by atoms with Crippen molar-refractivity contribution in [2.75, 3.05) is 13.6 Å². The van der Waals surface area contributed by atoms with Crippen LogP contribution in [0, 0.1) is 12.8 Å². The van der Waals surface area contributed by atoms with E-state index in [0.29, 0.717) is 18.1 Å². The van der Waals surface area contributed by atoms with E-state index in [9.17, 15) is 0 Å². The van der Waals surface area contributed by atoms with Crippen molar-refractivity contribution in [1.29, 1.82) is 0 Å². The number of aryl methyl sites for hydroxylation is 2. The lowest BCUT2D eigenvalue weighted by atomic mass is 10.1. The first-order valence-electron chi connectivity index (χ1n) is 6.28. The normalized spacial score (nSPS) is 14.1. The average molecular weight is 288 g/mol. The predicted molar refractivity (Wildman–Crippen MR) is 76.6 cm³/mol. The zero-order chi connectivity index (χ0) is 14.6. The molecule has 6 nitrogen and oxygen atoms in total. The van der Waals surface area contributed by atoms with Gasteiger partial charge in [-0.15, -0.1) is 0 Å². The van der Waals surface area contributed by atoms with E-state index in [-0.39, 0.29) is 11.8 Å². The number of hydrogen-bond donors (Lipinski definition) is 2. The highest BCUT2D eigenvalue weighted by Gasteiger charge is 2.16. The molecule has 0 saturated carbocycles. The van der Waals surface area contributed by atoms with Crippen molar-refractivity contribution < 1.29 is 5.21 Å². The first-order valence-corrected chi connectivity index (χ1v) is 6.66. The minimum Gasteiger partial charge on any atom is -0.409 e. The standard InChI is InChI=1S/C12H22ClN5O/c1-5-18-10(11(13)9(3)15-18)7-17(4)6-8(2)12(14)16-19/h8,19H,5-7H2,1-4H3,(H2,14,16). The first kappa shape index (κ1) is 15.8. The van der Waals surface area contributed by atoms with Gasteiger partial charge in [0.1, 0.15) is 5.84 Å². The summed E-state index contributed by atoms with van der Waals surface area (Å²) in [5.74, 6) is 0.214. The number of rotatable bonds is 6. The van der Waals surface area contributed by atoms with E-state index in [1.54, 1.807) is 0 Å². The fourth-order valence-corrected chi connectivity index (χ4v) is 2.19. The van der Waals surface area contributed by atoms with Crippen LogP contribution in [0.25, 0.3) is 0 Å². The zero-order valence-corrected chi connectivity index (χ0v) is 12.6. The lowest BCUT2D eigenvalue weighted by Crippen LogP contribution is -2.33. The second-order valence-electron chi connectivity index (χ2n) is 4.78. The predicted octanol–water partition coefficient (Wildman–Crippen LogP) is 1.68. The fraction of sp³-hybridized carbons (Fsp3) is 0.667. The Balaban J connectivity index is 2.74. The van der Waals surface area contributed by atoms with Gasteiger partial charge in [-0.05, 0) is 20.9 Å². The third-order valence-corrected chi connectivity index (χ3v) is 3.57. The maximum atomic E-state index is 8.65. The fourth-order valence-electron chi connectivity index (χ4n) is 2.00. The number of nitrogens with two attached hydrogens (primary N) is 1. The molecule has 1 heterocycles. The van der Waals surface area contributed by atoms with Gasteiger partial charge in [0.15, 0.2) is 0 Å². The van der Waals surface area contributed by atoms with E-state index in [0.717, 1.165) is 17.9 Å². The van der Waals surface area contributed by atoms with Gasteiger partial charge in [-0.25, -0.2) is 0 Å². The number of aromatic nitrogens is 2. The molecule has 0 aliphatic carbocycles. The minimum absolute atomic E-state index is 0.0205. The Bertz CT molecular complexity index is 457. The van der Waals surface area contributed by atoms with Crippen LogP contribution in [-0.4, -0.2) is 39.3 Å². The quantitative estimate of drug-likeness (QED) is 0.361. The van der Waals surface area contributed by atoms with Gasteiger partial charge >= 0.3 is 0 Å². The van der Waals surface area contributed by atoms with Crippen LogP contribution in [0.4, 0.5) is 0 Å². The Morgan fingerprint density at radius 1 is 1.63 bits per heavy atom. The summed E-state index contributed by atoms with van der Waals surface area (Å²) in [7, 11) is 1.97. The summed E-state index contributed by atoms with van der Waals surface area (Å²) in [5.41, 5.74) is 7.42. The molecule has 1 aromatic rings. The molecule has 1 atom stereocenters. The SMILES string of the molecule is CCn1nc(C)c(Cl)c1CN(C)CC(C)C(N)=NO. The topological polar surface area (TPSA) is 79.7 Å². The molecule has 3 N–H and O–H groups in total. The van der Waals surface area contributed by atoms with Crippen LogP contribution < -0.4 is 5.73 Å². The molecular weight excluding hydrogens is 266 g/mol. The van der Waals surface area contributed by atoms with Crippen LogP contribution in [0.1, 0.15) is 25.2 Å². The average Bonchev–Trinajstić information content (AvgIpc) is 2.65. The van der Waals surface area contributed by atoms with Crippen LogP contribution in [-0.2, 0) is 13.1 Å². The van der Waals surface area contributed by atoms with Crippen molar-refractivity contribution in [3.05, 3.63) is 16.4 Å². The van der Waals surface area contributed by atoms with E-state index in [1.165, 1.54) is 0 Å². The molecule has 0 bridgehead atoms. The Morgan fingerprint density at radius 2 is 2.26 bits per heavy atom. The first-order chi connectivity index (χ1) is 8.90. The van der Waals surface area contributed by atoms with Gasteiger partial charge in [-0.2, -0.15) is 5.10 Å². The van der Waals surface area contributed by atoms with Gasteiger partial charge in [0, 0.05) is 25.6 Å². The maximum absolute atomic E-state index is 8.65. The number of amidine groups is 1. The third-order valence-electron chi connectivity index (χ3n) is 3.08. The second-order valence-corrected chi connectivity index (χ2v) is 5.16.